The quantitative estimate of drug-likeness (QED) is 0.767. The van der Waals surface area contributed by atoms with Crippen LogP contribution in [-0.2, 0) is 14.9 Å². The number of methoxy groups -OCH3 is 1. The monoisotopic (exact) mass is 354 g/mol. The van der Waals surface area contributed by atoms with Crippen molar-refractivity contribution >= 4 is 11.6 Å². The van der Waals surface area contributed by atoms with Crippen molar-refractivity contribution in [2.24, 2.45) is 0 Å². The molecule has 1 amide bonds. The highest BCUT2D eigenvalue weighted by Gasteiger charge is 2.42. The maximum atomic E-state index is 13.2. The molecule has 2 aromatic rings. The third kappa shape index (κ3) is 3.88. The summed E-state index contributed by atoms with van der Waals surface area (Å²) in [6.45, 7) is 2.89. The van der Waals surface area contributed by atoms with E-state index in [4.69, 9.17) is 9.47 Å². The molecule has 1 fully saturated rings. The highest BCUT2D eigenvalue weighted by molar-refractivity contribution is 5.99. The average Bonchev–Trinajstić information content (AvgIpc) is 3.16. The first-order valence-corrected chi connectivity index (χ1v) is 9.11. The van der Waals surface area contributed by atoms with E-state index in [1.165, 1.54) is 0 Å². The standard InChI is InChI=1S/C21H26N2O3/c1-16-14-18(15-22-19(16)26-13-12-25-2)23-20(24)21(10-6-7-11-21)17-8-4-3-5-9-17/h3-5,8-9,14-15H,6-7,10-13H2,1-2H3,(H,23,24). The predicted molar refractivity (Wildman–Crippen MR) is 102 cm³/mol. The maximum absolute atomic E-state index is 13.2. The zero-order valence-electron chi connectivity index (χ0n) is 15.5. The molecular formula is C21H26N2O3. The Morgan fingerprint density at radius 3 is 2.58 bits per heavy atom. The van der Waals surface area contributed by atoms with Crippen LogP contribution in [0.2, 0.25) is 0 Å². The number of hydrogen-bond acceptors (Lipinski definition) is 4. The normalized spacial score (nSPS) is 15.6. The maximum Gasteiger partial charge on any atom is 0.235 e. The lowest BCUT2D eigenvalue weighted by atomic mass is 9.78. The van der Waals surface area contributed by atoms with Crippen LogP contribution in [0.4, 0.5) is 5.69 Å². The minimum Gasteiger partial charge on any atom is -0.475 e. The molecule has 0 unspecified atom stereocenters. The summed E-state index contributed by atoms with van der Waals surface area (Å²) >= 11 is 0. The van der Waals surface area contributed by atoms with Crippen LogP contribution >= 0.6 is 0 Å². The molecule has 5 nitrogen and oxygen atoms in total. The van der Waals surface area contributed by atoms with Crippen molar-refractivity contribution in [3.8, 4) is 5.88 Å². The molecule has 1 saturated carbocycles. The van der Waals surface area contributed by atoms with Gasteiger partial charge in [-0.2, -0.15) is 0 Å². The first-order valence-electron chi connectivity index (χ1n) is 9.11. The summed E-state index contributed by atoms with van der Waals surface area (Å²) < 4.78 is 10.6. The number of anilines is 1. The van der Waals surface area contributed by atoms with Gasteiger partial charge in [-0.3, -0.25) is 4.79 Å². The van der Waals surface area contributed by atoms with E-state index in [0.717, 1.165) is 36.8 Å². The summed E-state index contributed by atoms with van der Waals surface area (Å²) in [4.78, 5) is 17.5. The first kappa shape index (κ1) is 18.4. The Labute approximate surface area is 154 Å². The first-order chi connectivity index (χ1) is 12.7. The van der Waals surface area contributed by atoms with Crippen molar-refractivity contribution in [1.29, 1.82) is 0 Å². The van der Waals surface area contributed by atoms with E-state index in [2.05, 4.69) is 22.4 Å². The summed E-state index contributed by atoms with van der Waals surface area (Å²) in [5.41, 5.74) is 2.25. The van der Waals surface area contributed by atoms with Gasteiger partial charge in [0.05, 0.1) is 23.9 Å². The molecule has 1 aromatic heterocycles. The van der Waals surface area contributed by atoms with Crippen LogP contribution in [0.1, 0.15) is 36.8 Å². The van der Waals surface area contributed by atoms with Gasteiger partial charge < -0.3 is 14.8 Å². The Balaban J connectivity index is 1.75. The third-order valence-corrected chi connectivity index (χ3v) is 5.03. The zero-order valence-corrected chi connectivity index (χ0v) is 15.5. The molecule has 1 heterocycles. The molecule has 0 spiro atoms. The number of benzene rings is 1. The lowest BCUT2D eigenvalue weighted by molar-refractivity contribution is -0.121. The van der Waals surface area contributed by atoms with Crippen LogP contribution in [0.3, 0.4) is 0 Å². The second-order valence-corrected chi connectivity index (χ2v) is 6.80. The number of carbonyl (C=O) groups excluding carboxylic acids is 1. The molecule has 1 aromatic carbocycles. The fourth-order valence-corrected chi connectivity index (χ4v) is 3.64. The van der Waals surface area contributed by atoms with E-state index in [-0.39, 0.29) is 5.91 Å². The number of carbonyl (C=O) groups is 1. The number of nitrogens with zero attached hydrogens (tertiary/aromatic N) is 1. The summed E-state index contributed by atoms with van der Waals surface area (Å²) in [7, 11) is 1.63. The van der Waals surface area contributed by atoms with Gasteiger partial charge in [0.25, 0.3) is 0 Å². The van der Waals surface area contributed by atoms with Crippen molar-refractivity contribution in [2.45, 2.75) is 38.0 Å². The molecule has 26 heavy (non-hydrogen) atoms. The highest BCUT2D eigenvalue weighted by Crippen LogP contribution is 2.42. The number of ether oxygens (including phenoxy) is 2. The van der Waals surface area contributed by atoms with Crippen LogP contribution in [-0.4, -0.2) is 31.2 Å². The fourth-order valence-electron chi connectivity index (χ4n) is 3.64. The van der Waals surface area contributed by atoms with Gasteiger partial charge in [0.2, 0.25) is 11.8 Å². The van der Waals surface area contributed by atoms with Gasteiger partial charge in [0, 0.05) is 12.7 Å². The smallest absolute Gasteiger partial charge is 0.235 e. The van der Waals surface area contributed by atoms with Crippen LogP contribution in [0.25, 0.3) is 0 Å². The number of rotatable bonds is 7. The Hall–Kier alpha value is -2.40. The zero-order chi connectivity index (χ0) is 18.4. The number of amides is 1. The second kappa shape index (κ2) is 8.32. The van der Waals surface area contributed by atoms with E-state index < -0.39 is 5.41 Å². The number of aryl methyl sites for hydroxylation is 1. The Kier molecular flexibility index (Phi) is 5.89. The molecule has 0 bridgehead atoms. The molecule has 1 aliphatic carbocycles. The summed E-state index contributed by atoms with van der Waals surface area (Å²) in [5.74, 6) is 0.620. The molecule has 0 radical (unpaired) electrons. The topological polar surface area (TPSA) is 60.5 Å². The van der Waals surface area contributed by atoms with Crippen molar-refractivity contribution in [3.63, 3.8) is 0 Å². The number of nitrogens with one attached hydrogen (secondary N) is 1. The number of pyridine rings is 1. The number of hydrogen-bond donors (Lipinski definition) is 1. The minimum absolute atomic E-state index is 0.0513. The van der Waals surface area contributed by atoms with Crippen LogP contribution in [0.5, 0.6) is 5.88 Å². The lowest BCUT2D eigenvalue weighted by Crippen LogP contribution is -2.38. The van der Waals surface area contributed by atoms with E-state index >= 15 is 0 Å². The minimum atomic E-state index is -0.442. The molecule has 0 saturated heterocycles. The Morgan fingerprint density at radius 1 is 1.19 bits per heavy atom. The summed E-state index contributed by atoms with van der Waals surface area (Å²) in [5, 5.41) is 3.08. The fraction of sp³-hybridized carbons (Fsp3) is 0.429. The number of aromatic nitrogens is 1. The lowest BCUT2D eigenvalue weighted by Gasteiger charge is -2.28. The highest BCUT2D eigenvalue weighted by atomic mass is 16.5. The van der Waals surface area contributed by atoms with Crippen molar-refractivity contribution < 1.29 is 14.3 Å². The second-order valence-electron chi connectivity index (χ2n) is 6.80. The predicted octanol–water partition coefficient (Wildman–Crippen LogP) is 3.87. The Bertz CT molecular complexity index is 740. The summed E-state index contributed by atoms with van der Waals surface area (Å²) in [6, 6.07) is 12.0. The average molecular weight is 354 g/mol. The SMILES string of the molecule is COCCOc1ncc(NC(=O)C2(c3ccccc3)CCCC2)cc1C. The molecule has 3 rings (SSSR count). The van der Waals surface area contributed by atoms with Crippen molar-refractivity contribution in [1.82, 2.24) is 4.98 Å². The van der Waals surface area contributed by atoms with Crippen LogP contribution in [0.15, 0.2) is 42.6 Å². The van der Waals surface area contributed by atoms with E-state index in [9.17, 15) is 4.79 Å². The van der Waals surface area contributed by atoms with E-state index in [1.54, 1.807) is 13.3 Å². The summed E-state index contributed by atoms with van der Waals surface area (Å²) in [6.07, 6.45) is 5.57. The van der Waals surface area contributed by atoms with Crippen molar-refractivity contribution in [3.05, 3.63) is 53.7 Å². The van der Waals surface area contributed by atoms with Gasteiger partial charge in [-0.1, -0.05) is 43.2 Å². The van der Waals surface area contributed by atoms with Crippen LogP contribution in [0, 0.1) is 6.92 Å². The van der Waals surface area contributed by atoms with Gasteiger partial charge in [0.15, 0.2) is 0 Å². The largest absolute Gasteiger partial charge is 0.475 e. The van der Waals surface area contributed by atoms with E-state index in [0.29, 0.717) is 24.8 Å². The van der Waals surface area contributed by atoms with Gasteiger partial charge in [-0.25, -0.2) is 4.98 Å². The van der Waals surface area contributed by atoms with Crippen molar-refractivity contribution in [2.75, 3.05) is 25.6 Å². The molecular weight excluding hydrogens is 328 g/mol. The third-order valence-electron chi connectivity index (χ3n) is 5.03. The molecule has 138 valence electrons. The molecule has 1 N–H and O–H groups in total. The van der Waals surface area contributed by atoms with Gasteiger partial charge in [-0.05, 0) is 31.4 Å². The van der Waals surface area contributed by atoms with Gasteiger partial charge >= 0.3 is 0 Å². The Morgan fingerprint density at radius 2 is 1.92 bits per heavy atom. The molecule has 0 atom stereocenters. The van der Waals surface area contributed by atoms with Crippen LogP contribution < -0.4 is 10.1 Å². The van der Waals surface area contributed by atoms with Gasteiger partial charge in [0.1, 0.15) is 6.61 Å². The van der Waals surface area contributed by atoms with E-state index in [1.807, 2.05) is 31.2 Å². The molecule has 1 aliphatic rings. The van der Waals surface area contributed by atoms with Gasteiger partial charge in [-0.15, -0.1) is 0 Å². The molecule has 5 heteroatoms. The molecule has 0 aliphatic heterocycles.